The van der Waals surface area contributed by atoms with Crippen molar-refractivity contribution in [1.82, 2.24) is 10.2 Å². The van der Waals surface area contributed by atoms with Crippen LogP contribution in [0.15, 0.2) is 24.3 Å². The highest BCUT2D eigenvalue weighted by Crippen LogP contribution is 2.29. The van der Waals surface area contributed by atoms with Crippen molar-refractivity contribution in [1.29, 1.82) is 0 Å². The molecule has 0 aliphatic heterocycles. The Bertz CT molecular complexity index is 630. The quantitative estimate of drug-likeness (QED) is 0.708. The molecule has 0 heterocycles. The molecule has 1 N–H and O–H groups in total. The van der Waals surface area contributed by atoms with E-state index in [0.29, 0.717) is 0 Å². The number of carbonyl (C=O) groups excluding carboxylic acids is 3. The number of rotatable bonds is 8. The average Bonchev–Trinajstić information content (AvgIpc) is 2.56. The predicted octanol–water partition coefficient (Wildman–Crippen LogP) is 2.24. The smallest absolute Gasteiger partial charge is 0.416 e. The number of halogens is 3. The molecule has 0 saturated carbocycles. The van der Waals surface area contributed by atoms with Crippen LogP contribution in [0.4, 0.5) is 13.2 Å². The van der Waals surface area contributed by atoms with Gasteiger partial charge in [-0.25, -0.2) is 0 Å². The van der Waals surface area contributed by atoms with Gasteiger partial charge in [0.15, 0.2) is 0 Å². The molecule has 0 unspecified atom stereocenters. The fourth-order valence-corrected chi connectivity index (χ4v) is 2.13. The molecule has 0 aliphatic rings. The highest BCUT2D eigenvalue weighted by Gasteiger charge is 2.30. The summed E-state index contributed by atoms with van der Waals surface area (Å²) in [5, 5.41) is 2.53. The number of ether oxygens (including phenoxy) is 1. The number of carbonyl (C=O) groups is 3. The average molecular weight is 374 g/mol. The van der Waals surface area contributed by atoms with Gasteiger partial charge >= 0.3 is 12.1 Å². The minimum atomic E-state index is -4.49. The van der Waals surface area contributed by atoms with Crippen LogP contribution in [0.25, 0.3) is 0 Å². The van der Waals surface area contributed by atoms with Gasteiger partial charge in [0.2, 0.25) is 5.91 Å². The molecule has 9 heteroatoms. The summed E-state index contributed by atoms with van der Waals surface area (Å²) in [6, 6.07) is 3.82. The van der Waals surface area contributed by atoms with Crippen LogP contribution >= 0.6 is 0 Å². The first-order valence-electron chi connectivity index (χ1n) is 8.01. The second-order valence-electron chi connectivity index (χ2n) is 5.41. The predicted molar refractivity (Wildman–Crippen MR) is 87.3 cm³/mol. The van der Waals surface area contributed by atoms with E-state index < -0.39 is 23.6 Å². The lowest BCUT2D eigenvalue weighted by molar-refractivity contribution is -0.143. The molecule has 0 aromatic heterocycles. The lowest BCUT2D eigenvalue weighted by Crippen LogP contribution is -2.39. The van der Waals surface area contributed by atoms with Crippen LogP contribution in [0.3, 0.4) is 0 Å². The molecule has 1 aromatic carbocycles. The van der Waals surface area contributed by atoms with Gasteiger partial charge in [-0.05, 0) is 31.2 Å². The molecule has 0 atom stereocenters. The largest absolute Gasteiger partial charge is 0.466 e. The van der Waals surface area contributed by atoms with Gasteiger partial charge < -0.3 is 15.0 Å². The maximum absolute atomic E-state index is 12.6. The van der Waals surface area contributed by atoms with Crippen LogP contribution in [-0.4, -0.2) is 48.9 Å². The van der Waals surface area contributed by atoms with Crippen molar-refractivity contribution in [2.24, 2.45) is 0 Å². The van der Waals surface area contributed by atoms with E-state index in [9.17, 15) is 27.6 Å². The van der Waals surface area contributed by atoms with Crippen molar-refractivity contribution in [3.05, 3.63) is 35.4 Å². The maximum Gasteiger partial charge on any atom is 0.416 e. The van der Waals surface area contributed by atoms with Crippen LogP contribution < -0.4 is 5.32 Å². The zero-order valence-corrected chi connectivity index (χ0v) is 14.6. The summed E-state index contributed by atoms with van der Waals surface area (Å²) in [4.78, 5) is 36.3. The van der Waals surface area contributed by atoms with Gasteiger partial charge in [-0.15, -0.1) is 0 Å². The number of alkyl halides is 3. The van der Waals surface area contributed by atoms with E-state index in [1.165, 1.54) is 11.8 Å². The number of nitrogens with one attached hydrogen (secondary N) is 1. The fraction of sp³-hybridized carbons (Fsp3) is 0.471. The van der Waals surface area contributed by atoms with E-state index in [2.05, 4.69) is 5.32 Å². The van der Waals surface area contributed by atoms with Gasteiger partial charge in [0.05, 0.1) is 18.6 Å². The molecule has 0 radical (unpaired) electrons. The van der Waals surface area contributed by atoms with Gasteiger partial charge in [-0.3, -0.25) is 14.4 Å². The van der Waals surface area contributed by atoms with Crippen molar-refractivity contribution < 1.29 is 32.3 Å². The molecule has 1 rings (SSSR count). The number of benzene rings is 1. The summed E-state index contributed by atoms with van der Waals surface area (Å²) in [5.41, 5.74) is -0.796. The van der Waals surface area contributed by atoms with Crippen molar-refractivity contribution in [2.45, 2.75) is 26.4 Å². The molecule has 0 bridgehead atoms. The van der Waals surface area contributed by atoms with Crippen molar-refractivity contribution in [3.8, 4) is 0 Å². The van der Waals surface area contributed by atoms with Gasteiger partial charge in [0.1, 0.15) is 0 Å². The van der Waals surface area contributed by atoms with E-state index in [1.807, 2.05) is 0 Å². The van der Waals surface area contributed by atoms with E-state index in [1.54, 1.807) is 6.92 Å². The first-order chi connectivity index (χ1) is 12.1. The summed E-state index contributed by atoms with van der Waals surface area (Å²) < 4.78 is 42.7. The minimum Gasteiger partial charge on any atom is -0.466 e. The third kappa shape index (κ3) is 7.12. The molecule has 0 aliphatic carbocycles. The van der Waals surface area contributed by atoms with Crippen LogP contribution in [-0.2, 0) is 20.5 Å². The molecular formula is C17H21F3N2O4. The molecule has 144 valence electrons. The van der Waals surface area contributed by atoms with Gasteiger partial charge in [-0.1, -0.05) is 0 Å². The Kier molecular flexibility index (Phi) is 8.08. The van der Waals surface area contributed by atoms with E-state index in [4.69, 9.17) is 4.74 Å². The lowest BCUT2D eigenvalue weighted by atomic mass is 10.1. The number of nitrogens with zero attached hydrogens (tertiary/aromatic N) is 1. The molecule has 2 amide bonds. The Hall–Kier alpha value is -2.58. The van der Waals surface area contributed by atoms with E-state index in [-0.39, 0.29) is 44.1 Å². The molecular weight excluding hydrogens is 353 g/mol. The topological polar surface area (TPSA) is 75.7 Å². The van der Waals surface area contributed by atoms with Gasteiger partial charge in [0.25, 0.3) is 5.91 Å². The molecule has 6 nitrogen and oxygen atoms in total. The second-order valence-corrected chi connectivity index (χ2v) is 5.41. The van der Waals surface area contributed by atoms with Crippen molar-refractivity contribution in [2.75, 3.05) is 26.2 Å². The first-order valence-corrected chi connectivity index (χ1v) is 8.01. The Morgan fingerprint density at radius 2 is 1.73 bits per heavy atom. The highest BCUT2D eigenvalue weighted by atomic mass is 19.4. The Labute approximate surface area is 149 Å². The summed E-state index contributed by atoms with van der Waals surface area (Å²) in [5.74, 6) is -1.30. The lowest BCUT2D eigenvalue weighted by Gasteiger charge is -2.23. The summed E-state index contributed by atoms with van der Waals surface area (Å²) in [6.07, 6.45) is -4.54. The molecule has 0 fully saturated rings. The van der Waals surface area contributed by atoms with Crippen molar-refractivity contribution >= 4 is 17.8 Å². The Balaban J connectivity index is 2.83. The second kappa shape index (κ2) is 9.79. The number of hydrogen-bond acceptors (Lipinski definition) is 4. The first kappa shape index (κ1) is 21.5. The third-order valence-electron chi connectivity index (χ3n) is 3.39. The summed E-state index contributed by atoms with van der Waals surface area (Å²) in [7, 11) is 0. The summed E-state index contributed by atoms with van der Waals surface area (Å²) >= 11 is 0. The maximum atomic E-state index is 12.6. The van der Waals surface area contributed by atoms with Gasteiger partial charge in [0, 0.05) is 32.1 Å². The third-order valence-corrected chi connectivity index (χ3v) is 3.39. The van der Waals surface area contributed by atoms with E-state index in [0.717, 1.165) is 24.3 Å². The summed E-state index contributed by atoms with van der Waals surface area (Å²) in [6.45, 7) is 3.47. The monoisotopic (exact) mass is 374 g/mol. The van der Waals surface area contributed by atoms with Crippen molar-refractivity contribution in [3.63, 3.8) is 0 Å². The zero-order valence-electron chi connectivity index (χ0n) is 14.6. The highest BCUT2D eigenvalue weighted by molar-refractivity contribution is 5.94. The van der Waals surface area contributed by atoms with Crippen LogP contribution in [0.5, 0.6) is 0 Å². The number of esters is 1. The minimum absolute atomic E-state index is 0.0261. The molecule has 0 saturated heterocycles. The van der Waals surface area contributed by atoms with Gasteiger partial charge in [-0.2, -0.15) is 13.2 Å². The van der Waals surface area contributed by atoms with Crippen LogP contribution in [0.1, 0.15) is 36.2 Å². The fourth-order valence-electron chi connectivity index (χ4n) is 2.13. The Morgan fingerprint density at radius 3 is 2.23 bits per heavy atom. The van der Waals surface area contributed by atoms with E-state index >= 15 is 0 Å². The SMILES string of the molecule is CCOC(=O)CCN(CCNC(C)=O)C(=O)c1ccc(C(F)(F)F)cc1. The number of amides is 2. The molecule has 26 heavy (non-hydrogen) atoms. The molecule has 1 aromatic rings. The normalized spacial score (nSPS) is 11.0. The number of hydrogen-bond donors (Lipinski definition) is 1. The van der Waals surface area contributed by atoms with Crippen LogP contribution in [0, 0.1) is 0 Å². The van der Waals surface area contributed by atoms with Crippen LogP contribution in [0.2, 0.25) is 0 Å². The molecule has 0 spiro atoms. The standard InChI is InChI=1S/C17H21F3N2O4/c1-3-26-15(24)8-10-22(11-9-21-12(2)23)16(25)13-4-6-14(7-5-13)17(18,19)20/h4-7H,3,8-11H2,1-2H3,(H,21,23). The zero-order chi connectivity index (χ0) is 19.7. The Morgan fingerprint density at radius 1 is 1.12 bits per heavy atom.